The minimum absolute atomic E-state index is 0.0143. The molecule has 2 aliphatic heterocycles. The number of hydrogen-bond donors (Lipinski definition) is 2. The van der Waals surface area contributed by atoms with Crippen LogP contribution in [0, 0.1) is 0 Å². The summed E-state index contributed by atoms with van der Waals surface area (Å²) in [6.45, 7) is 0.721. The monoisotopic (exact) mass is 415 g/mol. The Kier molecular flexibility index (Phi) is 5.85. The van der Waals surface area contributed by atoms with Gasteiger partial charge in [0.1, 0.15) is 12.6 Å². The molecule has 0 spiro atoms. The molecule has 0 saturated carbocycles. The Hall–Kier alpha value is -2.98. The van der Waals surface area contributed by atoms with Crippen LogP contribution in [-0.4, -0.2) is 71.8 Å². The Balaban J connectivity index is 1.78. The number of urea groups is 1. The Labute approximate surface area is 164 Å². The molecule has 0 aliphatic carbocycles. The first-order chi connectivity index (χ1) is 13.6. The van der Waals surface area contributed by atoms with Crippen LogP contribution in [0.15, 0.2) is 24.3 Å². The summed E-state index contributed by atoms with van der Waals surface area (Å²) in [5, 5.41) is 11.6. The van der Waals surface area contributed by atoms with Crippen molar-refractivity contribution in [2.24, 2.45) is 0 Å². The van der Waals surface area contributed by atoms with Crippen molar-refractivity contribution in [2.45, 2.75) is 24.6 Å². The highest BCUT2D eigenvalue weighted by molar-refractivity contribution is 5.85. The average Bonchev–Trinajstić information content (AvgIpc) is 2.66. The van der Waals surface area contributed by atoms with Gasteiger partial charge in [0.2, 0.25) is 5.91 Å². The summed E-state index contributed by atoms with van der Waals surface area (Å²) >= 11 is 0. The molecule has 0 bridgehead atoms. The molecular formula is C18H20F3N3O5. The first-order valence-electron chi connectivity index (χ1n) is 9.01. The van der Waals surface area contributed by atoms with E-state index in [0.717, 1.165) is 12.1 Å². The number of carbonyl (C=O) groups excluding carboxylic acids is 2. The van der Waals surface area contributed by atoms with E-state index in [-0.39, 0.29) is 32.0 Å². The lowest BCUT2D eigenvalue weighted by atomic mass is 9.88. The first kappa shape index (κ1) is 20.7. The molecule has 2 N–H and O–H groups in total. The number of carbonyl (C=O) groups is 3. The zero-order valence-corrected chi connectivity index (χ0v) is 15.3. The lowest BCUT2D eigenvalue weighted by molar-refractivity contribution is -0.137. The molecule has 3 rings (SSSR count). The Morgan fingerprint density at radius 1 is 1.14 bits per heavy atom. The van der Waals surface area contributed by atoms with Gasteiger partial charge >= 0.3 is 18.4 Å². The Morgan fingerprint density at radius 2 is 1.83 bits per heavy atom. The van der Waals surface area contributed by atoms with Crippen molar-refractivity contribution in [3.63, 3.8) is 0 Å². The van der Waals surface area contributed by atoms with Gasteiger partial charge in [-0.15, -0.1) is 0 Å². The number of nitrogens with zero attached hydrogens (tertiary/aromatic N) is 2. The highest BCUT2D eigenvalue weighted by atomic mass is 19.4. The minimum Gasteiger partial charge on any atom is -0.450 e. The van der Waals surface area contributed by atoms with E-state index in [1.165, 1.54) is 21.9 Å². The van der Waals surface area contributed by atoms with Crippen LogP contribution in [0.4, 0.5) is 22.8 Å². The lowest BCUT2D eigenvalue weighted by Crippen LogP contribution is -2.57. The van der Waals surface area contributed by atoms with Crippen LogP contribution < -0.4 is 5.32 Å². The minimum atomic E-state index is -4.46. The Bertz CT molecular complexity index is 784. The van der Waals surface area contributed by atoms with Gasteiger partial charge < -0.3 is 25.0 Å². The second-order valence-corrected chi connectivity index (χ2v) is 7.02. The van der Waals surface area contributed by atoms with Gasteiger partial charge in [0.15, 0.2) is 0 Å². The van der Waals surface area contributed by atoms with Crippen molar-refractivity contribution in [3.8, 4) is 0 Å². The van der Waals surface area contributed by atoms with Crippen LogP contribution in [0.5, 0.6) is 0 Å². The largest absolute Gasteiger partial charge is 0.506 e. The van der Waals surface area contributed by atoms with Gasteiger partial charge in [-0.05, 0) is 24.1 Å². The maximum atomic E-state index is 12.8. The number of nitrogens with one attached hydrogen (secondary N) is 1. The highest BCUT2D eigenvalue weighted by Crippen LogP contribution is 2.33. The van der Waals surface area contributed by atoms with Crippen LogP contribution >= 0.6 is 0 Å². The summed E-state index contributed by atoms with van der Waals surface area (Å²) in [5.74, 6) is -0.697. The summed E-state index contributed by atoms with van der Waals surface area (Å²) in [6.07, 6.45) is -6.54. The molecule has 2 aliphatic rings. The molecule has 29 heavy (non-hydrogen) atoms. The number of likely N-dealkylation sites (tertiary alicyclic amines) is 1. The van der Waals surface area contributed by atoms with Gasteiger partial charge in [0, 0.05) is 25.6 Å². The molecule has 2 saturated heterocycles. The maximum absolute atomic E-state index is 12.8. The third-order valence-corrected chi connectivity index (χ3v) is 4.97. The van der Waals surface area contributed by atoms with Gasteiger partial charge in [-0.1, -0.05) is 12.1 Å². The molecule has 3 amide bonds. The normalized spacial score (nSPS) is 22.8. The summed E-state index contributed by atoms with van der Waals surface area (Å²) in [5.41, 5.74) is -0.242. The average molecular weight is 415 g/mol. The van der Waals surface area contributed by atoms with Gasteiger partial charge in [-0.25, -0.2) is 9.59 Å². The fourth-order valence-corrected chi connectivity index (χ4v) is 3.62. The molecule has 2 heterocycles. The fourth-order valence-electron chi connectivity index (χ4n) is 3.62. The SMILES string of the molecule is O=C1CN(C(=O)N2CC(OC(=O)O)CC(c3ccc(C(F)(F)F)cc3)C2)CCN1. The predicted molar refractivity (Wildman–Crippen MR) is 93.3 cm³/mol. The van der Waals surface area contributed by atoms with Crippen molar-refractivity contribution in [1.29, 1.82) is 0 Å². The van der Waals surface area contributed by atoms with Crippen molar-refractivity contribution in [2.75, 3.05) is 32.7 Å². The number of carboxylic acid groups (broad SMARTS) is 1. The lowest BCUT2D eigenvalue weighted by Gasteiger charge is -2.40. The molecule has 8 nitrogen and oxygen atoms in total. The molecular weight excluding hydrogens is 395 g/mol. The van der Waals surface area contributed by atoms with E-state index in [9.17, 15) is 27.6 Å². The number of halogens is 3. The van der Waals surface area contributed by atoms with Crippen LogP contribution in [0.3, 0.4) is 0 Å². The number of amides is 3. The third kappa shape index (κ3) is 5.09. The van der Waals surface area contributed by atoms with Crippen molar-refractivity contribution >= 4 is 18.1 Å². The predicted octanol–water partition coefficient (Wildman–Crippen LogP) is 2.11. The molecule has 0 radical (unpaired) electrons. The summed E-state index contributed by atoms with van der Waals surface area (Å²) in [7, 11) is 0. The van der Waals surface area contributed by atoms with Gasteiger partial charge in [0.25, 0.3) is 0 Å². The van der Waals surface area contributed by atoms with E-state index in [1.807, 2.05) is 0 Å². The van der Waals surface area contributed by atoms with Crippen LogP contribution in [0.25, 0.3) is 0 Å². The zero-order valence-electron chi connectivity index (χ0n) is 15.3. The van der Waals surface area contributed by atoms with Crippen molar-refractivity contribution in [3.05, 3.63) is 35.4 Å². The smallest absolute Gasteiger partial charge is 0.450 e. The molecule has 2 unspecified atom stereocenters. The number of alkyl halides is 3. The van der Waals surface area contributed by atoms with E-state index in [4.69, 9.17) is 9.84 Å². The fraction of sp³-hybridized carbons (Fsp3) is 0.500. The molecule has 1 aromatic rings. The molecule has 2 atom stereocenters. The van der Waals surface area contributed by atoms with Crippen LogP contribution in [0.2, 0.25) is 0 Å². The number of piperidine rings is 1. The topological polar surface area (TPSA) is 99.2 Å². The molecule has 158 valence electrons. The van der Waals surface area contributed by atoms with Crippen molar-refractivity contribution < 1.29 is 37.4 Å². The summed E-state index contributed by atoms with van der Waals surface area (Å²) in [6, 6.07) is 4.13. The van der Waals surface area contributed by atoms with Gasteiger partial charge in [-0.3, -0.25) is 4.79 Å². The molecule has 2 fully saturated rings. The van der Waals surface area contributed by atoms with Crippen LogP contribution in [0.1, 0.15) is 23.5 Å². The summed E-state index contributed by atoms with van der Waals surface area (Å²) in [4.78, 5) is 38.1. The van der Waals surface area contributed by atoms with E-state index in [1.54, 1.807) is 0 Å². The van der Waals surface area contributed by atoms with Gasteiger partial charge in [0.05, 0.1) is 12.1 Å². The quantitative estimate of drug-likeness (QED) is 0.721. The zero-order chi connectivity index (χ0) is 21.2. The number of ether oxygens (including phenoxy) is 1. The van der Waals surface area contributed by atoms with Crippen LogP contribution in [-0.2, 0) is 15.7 Å². The number of benzene rings is 1. The molecule has 1 aromatic carbocycles. The standard InChI is InChI=1S/C18H20F3N3O5/c19-18(20,21)13-3-1-11(2-4-13)12-7-14(29-17(27)28)9-24(8-12)16(26)23-6-5-22-15(25)10-23/h1-4,12,14H,5-10H2,(H,22,25)(H,27,28). The van der Waals surface area contributed by atoms with E-state index < -0.39 is 35.9 Å². The summed E-state index contributed by atoms with van der Waals surface area (Å²) < 4.78 is 43.2. The highest BCUT2D eigenvalue weighted by Gasteiger charge is 2.36. The van der Waals surface area contributed by atoms with Gasteiger partial charge in [-0.2, -0.15) is 13.2 Å². The second-order valence-electron chi connectivity index (χ2n) is 7.02. The molecule has 0 aromatic heterocycles. The Morgan fingerprint density at radius 3 is 2.41 bits per heavy atom. The number of rotatable bonds is 2. The maximum Gasteiger partial charge on any atom is 0.506 e. The molecule has 11 heteroatoms. The van der Waals surface area contributed by atoms with Crippen molar-refractivity contribution in [1.82, 2.24) is 15.1 Å². The third-order valence-electron chi connectivity index (χ3n) is 4.97. The van der Waals surface area contributed by atoms with E-state index in [2.05, 4.69) is 5.32 Å². The number of hydrogen-bond acceptors (Lipinski definition) is 4. The first-order valence-corrected chi connectivity index (χ1v) is 9.01. The van der Waals surface area contributed by atoms with E-state index >= 15 is 0 Å². The van der Waals surface area contributed by atoms with E-state index in [0.29, 0.717) is 18.7 Å². The second kappa shape index (κ2) is 8.18. The number of piperazine rings is 1.